The summed E-state index contributed by atoms with van der Waals surface area (Å²) in [6.07, 6.45) is 6.62. The summed E-state index contributed by atoms with van der Waals surface area (Å²) in [6.45, 7) is 0.666. The molecule has 0 spiro atoms. The predicted octanol–water partition coefficient (Wildman–Crippen LogP) is 4.17. The molecule has 2 aromatic heterocycles. The lowest BCUT2D eigenvalue weighted by Crippen LogP contribution is -2.48. The van der Waals surface area contributed by atoms with Gasteiger partial charge in [0.25, 0.3) is 0 Å². The van der Waals surface area contributed by atoms with Crippen molar-refractivity contribution in [2.45, 2.75) is 74.6 Å². The number of carbonyl (C=O) groups is 2. The third-order valence-corrected chi connectivity index (χ3v) is 10.6. The van der Waals surface area contributed by atoms with Crippen molar-refractivity contribution in [3.8, 4) is 0 Å². The zero-order chi connectivity index (χ0) is 30.5. The zero-order valence-corrected chi connectivity index (χ0v) is 25.9. The Kier molecular flexibility index (Phi) is 9.36. The number of hydrogen-bond donors (Lipinski definition) is 2. The number of aromatic nitrogens is 3. The number of thiophene rings is 1. The highest BCUT2D eigenvalue weighted by atomic mass is 32.2. The van der Waals surface area contributed by atoms with Crippen LogP contribution in [0, 0.1) is 0 Å². The van der Waals surface area contributed by atoms with Crippen LogP contribution in [0.3, 0.4) is 0 Å². The van der Waals surface area contributed by atoms with Crippen LogP contribution in [0.5, 0.6) is 0 Å². The summed E-state index contributed by atoms with van der Waals surface area (Å²) in [6, 6.07) is 16.2. The predicted molar refractivity (Wildman–Crippen MR) is 168 cm³/mol. The molecule has 11 nitrogen and oxygen atoms in total. The van der Waals surface area contributed by atoms with Gasteiger partial charge in [-0.05, 0) is 73.5 Å². The summed E-state index contributed by atoms with van der Waals surface area (Å²) in [5, 5.41) is 13.4. The maximum Gasteiger partial charge on any atom is 0.249 e. The van der Waals surface area contributed by atoms with Gasteiger partial charge < -0.3 is 10.1 Å². The van der Waals surface area contributed by atoms with Gasteiger partial charge >= 0.3 is 0 Å². The van der Waals surface area contributed by atoms with Crippen LogP contribution < -0.4 is 14.9 Å². The fourth-order valence-electron chi connectivity index (χ4n) is 5.90. The molecule has 4 aromatic rings. The normalized spacial score (nSPS) is 18.3. The highest BCUT2D eigenvalue weighted by Crippen LogP contribution is 2.33. The third kappa shape index (κ3) is 6.85. The number of fused-ring (bicyclic) bond motifs is 1. The Bertz CT molecular complexity index is 1680. The van der Waals surface area contributed by atoms with Gasteiger partial charge in [0.05, 0.1) is 16.5 Å². The van der Waals surface area contributed by atoms with Gasteiger partial charge in [0.2, 0.25) is 21.8 Å². The first-order chi connectivity index (χ1) is 21.4. The lowest BCUT2D eigenvalue weighted by Gasteiger charge is -2.33. The van der Waals surface area contributed by atoms with Crippen molar-refractivity contribution in [2.24, 2.45) is 0 Å². The van der Waals surface area contributed by atoms with Crippen molar-refractivity contribution < 1.29 is 22.7 Å². The van der Waals surface area contributed by atoms with E-state index in [4.69, 9.17) is 4.74 Å². The van der Waals surface area contributed by atoms with Crippen molar-refractivity contribution in [1.82, 2.24) is 25.0 Å². The fourth-order valence-corrected chi connectivity index (χ4v) is 7.78. The Morgan fingerprint density at radius 3 is 2.52 bits per heavy atom. The number of rotatable bonds is 11. The van der Waals surface area contributed by atoms with Gasteiger partial charge in [0, 0.05) is 29.8 Å². The minimum atomic E-state index is -3.81. The van der Waals surface area contributed by atoms with Crippen LogP contribution in [-0.2, 0) is 30.9 Å². The van der Waals surface area contributed by atoms with E-state index in [0.29, 0.717) is 28.2 Å². The molecular formula is C31H36N6O5S2. The molecule has 44 heavy (non-hydrogen) atoms. The zero-order valence-electron chi connectivity index (χ0n) is 24.3. The molecule has 232 valence electrons. The number of nitrogens with zero attached hydrogens (tertiary/aromatic N) is 4. The molecule has 2 N–H and O–H groups in total. The number of para-hydroxylation sites is 1. The van der Waals surface area contributed by atoms with Gasteiger partial charge in [0.15, 0.2) is 0 Å². The van der Waals surface area contributed by atoms with E-state index in [1.165, 1.54) is 33.1 Å². The van der Waals surface area contributed by atoms with E-state index in [9.17, 15) is 18.0 Å². The first-order valence-electron chi connectivity index (χ1n) is 15.0. The summed E-state index contributed by atoms with van der Waals surface area (Å²) in [5.41, 5.74) is 1.75. The van der Waals surface area contributed by atoms with Gasteiger partial charge in [-0.3, -0.25) is 14.5 Å². The first kappa shape index (κ1) is 30.4. The molecule has 2 atom stereocenters. The largest absolute Gasteiger partial charge is 0.377 e. The number of carbonyl (C=O) groups excluding carboxylic acids is 2. The molecule has 1 saturated heterocycles. The van der Waals surface area contributed by atoms with Crippen LogP contribution >= 0.6 is 11.3 Å². The molecule has 2 aromatic carbocycles. The summed E-state index contributed by atoms with van der Waals surface area (Å²) in [7, 11) is -3.81. The van der Waals surface area contributed by atoms with E-state index < -0.39 is 16.1 Å². The van der Waals surface area contributed by atoms with Crippen LogP contribution in [0.2, 0.25) is 0 Å². The standard InChI is InChI=1S/C31H36N6O5S2/c38-29(21-36-27-12-5-4-11-26(27)34-35-36)37(30(28-13-7-19-43-28)31(39)33-22-8-2-1-3-9-22)23-14-16-25(17-15-23)44(40,41)32-20-24-10-6-18-42-24/h4-5,7,11-17,19,22,24,30,32H,1-3,6,8-10,18,20-21H2,(H,33,39)/t24-,30-/m1/s1. The summed E-state index contributed by atoms with van der Waals surface area (Å²) in [4.78, 5) is 30.5. The Balaban J connectivity index is 1.33. The molecule has 1 aliphatic heterocycles. The van der Waals surface area contributed by atoms with Crippen molar-refractivity contribution in [2.75, 3.05) is 18.1 Å². The van der Waals surface area contributed by atoms with E-state index in [0.717, 1.165) is 44.9 Å². The van der Waals surface area contributed by atoms with Crippen molar-refractivity contribution in [1.29, 1.82) is 0 Å². The first-order valence-corrected chi connectivity index (χ1v) is 17.4. The molecule has 0 bridgehead atoms. The molecule has 6 rings (SSSR count). The van der Waals surface area contributed by atoms with Gasteiger partial charge in [-0.1, -0.05) is 42.7 Å². The SMILES string of the molecule is O=C(NC1CCCCC1)[C@@H](c1cccs1)N(C(=O)Cn1nnc2ccccc21)c1ccc(S(=O)(=O)NC[C@H]2CCCO2)cc1. The van der Waals surface area contributed by atoms with Gasteiger partial charge in [-0.15, -0.1) is 16.4 Å². The smallest absolute Gasteiger partial charge is 0.249 e. The van der Waals surface area contributed by atoms with Crippen LogP contribution in [-0.4, -0.2) is 60.5 Å². The molecular weight excluding hydrogens is 601 g/mol. The number of ether oxygens (including phenoxy) is 1. The van der Waals surface area contributed by atoms with Crippen molar-refractivity contribution in [3.05, 3.63) is 70.9 Å². The molecule has 0 unspecified atom stereocenters. The van der Waals surface area contributed by atoms with E-state index in [2.05, 4.69) is 20.4 Å². The molecule has 2 amide bonds. The maximum atomic E-state index is 14.2. The molecule has 3 heterocycles. The summed E-state index contributed by atoms with van der Waals surface area (Å²) >= 11 is 1.39. The molecule has 0 radical (unpaired) electrons. The molecule has 2 fully saturated rings. The van der Waals surface area contributed by atoms with Crippen LogP contribution in [0.15, 0.2) is 70.9 Å². The molecule has 1 aliphatic carbocycles. The highest BCUT2D eigenvalue weighted by molar-refractivity contribution is 7.89. The molecule has 1 saturated carbocycles. The summed E-state index contributed by atoms with van der Waals surface area (Å²) in [5.74, 6) is -0.656. The number of hydrogen-bond acceptors (Lipinski definition) is 8. The number of nitrogens with one attached hydrogen (secondary N) is 2. The summed E-state index contributed by atoms with van der Waals surface area (Å²) < 4.78 is 35.8. The number of sulfonamides is 1. The quantitative estimate of drug-likeness (QED) is 0.252. The van der Waals surface area contributed by atoms with E-state index in [1.54, 1.807) is 12.1 Å². The Morgan fingerprint density at radius 2 is 1.80 bits per heavy atom. The van der Waals surface area contributed by atoms with E-state index in [1.807, 2.05) is 41.8 Å². The van der Waals surface area contributed by atoms with Crippen LogP contribution in [0.4, 0.5) is 5.69 Å². The van der Waals surface area contributed by atoms with Crippen LogP contribution in [0.1, 0.15) is 55.9 Å². The minimum Gasteiger partial charge on any atom is -0.377 e. The minimum absolute atomic E-state index is 0.0392. The molecule has 13 heteroatoms. The lowest BCUT2D eigenvalue weighted by molar-refractivity contribution is -0.127. The molecule has 2 aliphatic rings. The Labute approximate surface area is 260 Å². The maximum absolute atomic E-state index is 14.2. The van der Waals surface area contributed by atoms with E-state index in [-0.39, 0.29) is 41.9 Å². The topological polar surface area (TPSA) is 136 Å². The lowest BCUT2D eigenvalue weighted by atomic mass is 9.95. The third-order valence-electron chi connectivity index (χ3n) is 8.19. The second-order valence-corrected chi connectivity index (χ2v) is 14.0. The second kappa shape index (κ2) is 13.6. The monoisotopic (exact) mass is 636 g/mol. The fraction of sp³-hybridized carbons (Fsp3) is 0.419. The Morgan fingerprint density at radius 1 is 1.00 bits per heavy atom. The van der Waals surface area contributed by atoms with Gasteiger partial charge in [-0.2, -0.15) is 0 Å². The highest BCUT2D eigenvalue weighted by Gasteiger charge is 2.35. The van der Waals surface area contributed by atoms with E-state index >= 15 is 0 Å². The van der Waals surface area contributed by atoms with Crippen molar-refractivity contribution in [3.63, 3.8) is 0 Å². The number of anilines is 1. The average Bonchev–Trinajstić information content (AvgIpc) is 3.83. The average molecular weight is 637 g/mol. The van der Waals surface area contributed by atoms with Crippen molar-refractivity contribution >= 4 is 49.9 Å². The number of benzene rings is 2. The van der Waals surface area contributed by atoms with Gasteiger partial charge in [-0.25, -0.2) is 17.8 Å². The second-order valence-electron chi connectivity index (χ2n) is 11.2. The van der Waals surface area contributed by atoms with Gasteiger partial charge in [0.1, 0.15) is 18.1 Å². The van der Waals surface area contributed by atoms with Crippen LogP contribution in [0.25, 0.3) is 11.0 Å². The number of amides is 2. The Hall–Kier alpha value is -3.65.